The number of carbonyl (C=O) groups excluding carboxylic acids is 2. The number of hydrogen-bond acceptors (Lipinski definition) is 6. The van der Waals surface area contributed by atoms with Crippen molar-refractivity contribution in [1.29, 1.82) is 0 Å². The van der Waals surface area contributed by atoms with Gasteiger partial charge in [0, 0.05) is 17.3 Å². The minimum atomic E-state index is -0.653. The third-order valence-corrected chi connectivity index (χ3v) is 5.60. The second-order valence-corrected chi connectivity index (χ2v) is 7.37. The normalized spacial score (nSPS) is 16.4. The molecule has 1 atom stereocenters. The highest BCUT2D eigenvalue weighted by Gasteiger charge is 2.40. The van der Waals surface area contributed by atoms with Gasteiger partial charge in [-0.1, -0.05) is 30.3 Å². The molecule has 1 N–H and O–H groups in total. The second kappa shape index (κ2) is 7.36. The number of anilines is 1. The van der Waals surface area contributed by atoms with Gasteiger partial charge in [0.05, 0.1) is 25.1 Å². The van der Waals surface area contributed by atoms with Gasteiger partial charge < -0.3 is 24.2 Å². The minimum Gasteiger partial charge on any atom is -0.507 e. The summed E-state index contributed by atoms with van der Waals surface area (Å²) in [6, 6.07) is 17.6. The van der Waals surface area contributed by atoms with Crippen molar-refractivity contribution in [3.8, 4) is 17.2 Å². The summed E-state index contributed by atoms with van der Waals surface area (Å²) in [4.78, 5) is 26.9. The van der Waals surface area contributed by atoms with E-state index in [1.54, 1.807) is 35.2 Å². The number of phenolic OH excluding ortho intramolecular Hbond substituents is 1. The largest absolute Gasteiger partial charge is 0.507 e. The monoisotopic (exact) mass is 417 g/mol. The molecular weight excluding hydrogens is 398 g/mol. The number of aromatic hydroxyl groups is 1. The quantitative estimate of drug-likeness (QED) is 0.653. The summed E-state index contributed by atoms with van der Waals surface area (Å²) >= 11 is 0. The first-order valence-corrected chi connectivity index (χ1v) is 9.77. The molecule has 31 heavy (non-hydrogen) atoms. The van der Waals surface area contributed by atoms with Crippen LogP contribution in [0.3, 0.4) is 0 Å². The highest BCUT2D eigenvalue weighted by Crippen LogP contribution is 2.47. The SMILES string of the molecule is COC(=O)c1ccc(CN2C(=O)C(c3cc4c(cc3O)OCO4)c3ccccc32)cc1. The molecule has 1 unspecified atom stereocenters. The zero-order valence-corrected chi connectivity index (χ0v) is 16.7. The lowest BCUT2D eigenvalue weighted by Crippen LogP contribution is -2.28. The van der Waals surface area contributed by atoms with E-state index in [4.69, 9.17) is 14.2 Å². The number of rotatable bonds is 4. The highest BCUT2D eigenvalue weighted by molar-refractivity contribution is 6.07. The van der Waals surface area contributed by atoms with Crippen LogP contribution in [0.2, 0.25) is 0 Å². The molecule has 3 aromatic carbocycles. The van der Waals surface area contributed by atoms with E-state index < -0.39 is 11.9 Å². The van der Waals surface area contributed by atoms with Crippen LogP contribution >= 0.6 is 0 Å². The van der Waals surface area contributed by atoms with Gasteiger partial charge >= 0.3 is 5.97 Å². The summed E-state index contributed by atoms with van der Waals surface area (Å²) in [6.07, 6.45) is 0. The Morgan fingerprint density at radius 3 is 2.52 bits per heavy atom. The van der Waals surface area contributed by atoms with Gasteiger partial charge in [-0.25, -0.2) is 4.79 Å². The lowest BCUT2D eigenvalue weighted by molar-refractivity contribution is -0.118. The summed E-state index contributed by atoms with van der Waals surface area (Å²) in [5, 5.41) is 10.6. The molecule has 0 bridgehead atoms. The molecular formula is C24H19NO6. The maximum atomic E-state index is 13.5. The van der Waals surface area contributed by atoms with Crippen molar-refractivity contribution in [2.75, 3.05) is 18.8 Å². The predicted molar refractivity (Wildman–Crippen MR) is 111 cm³/mol. The number of para-hydroxylation sites is 1. The Labute approximate surface area is 178 Å². The van der Waals surface area contributed by atoms with Gasteiger partial charge in [0.1, 0.15) is 5.75 Å². The molecule has 0 saturated carbocycles. The maximum Gasteiger partial charge on any atom is 0.337 e. The van der Waals surface area contributed by atoms with E-state index in [2.05, 4.69) is 0 Å². The van der Waals surface area contributed by atoms with Gasteiger partial charge in [0.2, 0.25) is 12.7 Å². The van der Waals surface area contributed by atoms with Crippen LogP contribution in [0, 0.1) is 0 Å². The minimum absolute atomic E-state index is 0.0123. The van der Waals surface area contributed by atoms with E-state index in [1.165, 1.54) is 13.2 Å². The number of methoxy groups -OCH3 is 1. The van der Waals surface area contributed by atoms with Crippen LogP contribution in [-0.2, 0) is 16.1 Å². The molecule has 2 heterocycles. The van der Waals surface area contributed by atoms with Crippen molar-refractivity contribution in [3.63, 3.8) is 0 Å². The molecule has 0 radical (unpaired) electrons. The third kappa shape index (κ3) is 3.15. The maximum absolute atomic E-state index is 13.5. The van der Waals surface area contributed by atoms with E-state index >= 15 is 0 Å². The summed E-state index contributed by atoms with van der Waals surface area (Å²) in [5.41, 5.74) is 3.39. The van der Waals surface area contributed by atoms with Crippen LogP contribution in [0.25, 0.3) is 0 Å². The van der Waals surface area contributed by atoms with E-state index in [0.29, 0.717) is 29.2 Å². The Bertz CT molecular complexity index is 1190. The standard InChI is InChI=1S/C24H19NO6/c1-29-24(28)15-8-6-14(7-9-15)12-25-18-5-3-2-4-16(18)22(23(25)27)17-10-20-21(11-19(17)26)31-13-30-20/h2-11,22,26H,12-13H2,1H3. The lowest BCUT2D eigenvalue weighted by atomic mass is 9.91. The van der Waals surface area contributed by atoms with Crippen LogP contribution in [-0.4, -0.2) is 30.9 Å². The third-order valence-electron chi connectivity index (χ3n) is 5.60. The van der Waals surface area contributed by atoms with Crippen molar-refractivity contribution >= 4 is 17.6 Å². The number of esters is 1. The van der Waals surface area contributed by atoms with Gasteiger partial charge in [-0.3, -0.25) is 4.79 Å². The zero-order chi connectivity index (χ0) is 21.5. The smallest absolute Gasteiger partial charge is 0.337 e. The molecule has 2 aliphatic heterocycles. The van der Waals surface area contributed by atoms with Crippen LogP contribution in [0.5, 0.6) is 17.2 Å². The van der Waals surface area contributed by atoms with Crippen molar-refractivity contribution in [1.82, 2.24) is 0 Å². The summed E-state index contributed by atoms with van der Waals surface area (Å²) in [6.45, 7) is 0.417. The molecule has 0 spiro atoms. The average molecular weight is 417 g/mol. The summed E-state index contributed by atoms with van der Waals surface area (Å²) in [5.74, 6) is -0.251. The van der Waals surface area contributed by atoms with Crippen molar-refractivity contribution in [2.24, 2.45) is 0 Å². The van der Waals surface area contributed by atoms with E-state index in [9.17, 15) is 14.7 Å². The first-order valence-electron chi connectivity index (χ1n) is 9.77. The zero-order valence-electron chi connectivity index (χ0n) is 16.7. The number of nitrogens with zero attached hydrogens (tertiary/aromatic N) is 1. The Balaban J connectivity index is 1.50. The number of phenols is 1. The Kier molecular flexibility index (Phi) is 4.51. The molecule has 1 amide bonds. The van der Waals surface area contributed by atoms with Gasteiger partial charge in [0.15, 0.2) is 11.5 Å². The average Bonchev–Trinajstić information content (AvgIpc) is 3.35. The Hall–Kier alpha value is -4.00. The lowest BCUT2D eigenvalue weighted by Gasteiger charge is -2.19. The fourth-order valence-electron chi connectivity index (χ4n) is 4.07. The molecule has 7 nitrogen and oxygen atoms in total. The molecule has 0 fully saturated rings. The second-order valence-electron chi connectivity index (χ2n) is 7.37. The first-order chi connectivity index (χ1) is 15.1. The molecule has 0 saturated heterocycles. The van der Waals surface area contributed by atoms with Gasteiger partial charge in [0.25, 0.3) is 0 Å². The number of fused-ring (bicyclic) bond motifs is 2. The van der Waals surface area contributed by atoms with Gasteiger partial charge in [-0.15, -0.1) is 0 Å². The number of benzene rings is 3. The Morgan fingerprint density at radius 1 is 1.06 bits per heavy atom. The van der Waals surface area contributed by atoms with Crippen LogP contribution in [0.4, 0.5) is 5.69 Å². The molecule has 3 aromatic rings. The molecule has 7 heteroatoms. The van der Waals surface area contributed by atoms with Crippen molar-refractivity contribution in [3.05, 3.63) is 82.9 Å². The molecule has 5 rings (SSSR count). The topological polar surface area (TPSA) is 85.3 Å². The summed E-state index contributed by atoms with van der Waals surface area (Å²) < 4.78 is 15.5. The number of carbonyl (C=O) groups is 2. The Morgan fingerprint density at radius 2 is 1.77 bits per heavy atom. The van der Waals surface area contributed by atoms with Crippen LogP contribution < -0.4 is 14.4 Å². The molecule has 2 aliphatic rings. The van der Waals surface area contributed by atoms with E-state index in [-0.39, 0.29) is 18.4 Å². The van der Waals surface area contributed by atoms with Gasteiger partial charge in [-0.2, -0.15) is 0 Å². The summed E-state index contributed by atoms with van der Waals surface area (Å²) in [7, 11) is 1.34. The van der Waals surface area contributed by atoms with Crippen molar-refractivity contribution in [2.45, 2.75) is 12.5 Å². The van der Waals surface area contributed by atoms with E-state index in [0.717, 1.165) is 16.8 Å². The molecule has 0 aliphatic carbocycles. The van der Waals surface area contributed by atoms with Crippen LogP contribution in [0.15, 0.2) is 60.7 Å². The fraction of sp³-hybridized carbons (Fsp3) is 0.167. The molecule has 156 valence electrons. The number of amides is 1. The highest BCUT2D eigenvalue weighted by atomic mass is 16.7. The number of ether oxygens (including phenoxy) is 3. The van der Waals surface area contributed by atoms with Crippen molar-refractivity contribution < 1.29 is 28.9 Å². The fourth-order valence-corrected chi connectivity index (χ4v) is 4.07. The van der Waals surface area contributed by atoms with E-state index in [1.807, 2.05) is 24.3 Å². The number of hydrogen-bond donors (Lipinski definition) is 1. The predicted octanol–water partition coefficient (Wildman–Crippen LogP) is 3.59. The first kappa shape index (κ1) is 19.0. The molecule has 0 aromatic heterocycles. The van der Waals surface area contributed by atoms with Gasteiger partial charge in [-0.05, 0) is 35.4 Å². The van der Waals surface area contributed by atoms with Crippen LogP contribution in [0.1, 0.15) is 33.0 Å².